The predicted molar refractivity (Wildman–Crippen MR) is 157 cm³/mol. The van der Waals surface area contributed by atoms with Crippen LogP contribution in [0.4, 0.5) is 4.79 Å². The first-order valence-electron chi connectivity index (χ1n) is 14.8. The highest BCUT2D eigenvalue weighted by atomic mass is 16.5. The molecule has 2 aromatic carbocycles. The second-order valence-electron chi connectivity index (χ2n) is 12.4. The molecule has 43 heavy (non-hydrogen) atoms. The van der Waals surface area contributed by atoms with Crippen LogP contribution in [0.15, 0.2) is 36.4 Å². The van der Waals surface area contributed by atoms with Crippen LogP contribution < -0.4 is 10.1 Å². The van der Waals surface area contributed by atoms with Crippen molar-refractivity contribution in [3.8, 4) is 5.75 Å². The van der Waals surface area contributed by atoms with Crippen molar-refractivity contribution >= 4 is 23.8 Å². The van der Waals surface area contributed by atoms with Crippen LogP contribution >= 0.6 is 0 Å². The summed E-state index contributed by atoms with van der Waals surface area (Å²) in [5.41, 5.74) is 3.12. The number of morpholine rings is 1. The topological polar surface area (TPSA) is 129 Å². The lowest BCUT2D eigenvalue weighted by molar-refractivity contribution is -0.132. The summed E-state index contributed by atoms with van der Waals surface area (Å²) in [6.45, 7) is 10.0. The Morgan fingerprint density at radius 3 is 2.44 bits per heavy atom. The Hall–Kier alpha value is -3.96. The van der Waals surface area contributed by atoms with Crippen molar-refractivity contribution in [2.24, 2.45) is 0 Å². The highest BCUT2D eigenvalue weighted by Crippen LogP contribution is 2.38. The molecule has 0 saturated carbocycles. The minimum Gasteiger partial charge on any atom is -0.488 e. The molecule has 1 unspecified atom stereocenters. The molecule has 0 spiro atoms. The zero-order valence-electron chi connectivity index (χ0n) is 25.1. The lowest BCUT2D eigenvalue weighted by atomic mass is 10.0. The lowest BCUT2D eigenvalue weighted by Crippen LogP contribution is -2.46. The molecule has 0 aliphatic carbocycles. The molecule has 0 aromatic heterocycles. The number of amides is 4. The van der Waals surface area contributed by atoms with Crippen molar-refractivity contribution in [1.82, 2.24) is 20.0 Å². The molecule has 2 saturated heterocycles. The van der Waals surface area contributed by atoms with Gasteiger partial charge in [-0.15, -0.1) is 0 Å². The quantitative estimate of drug-likeness (QED) is 0.446. The van der Waals surface area contributed by atoms with Gasteiger partial charge >= 0.3 is 6.09 Å². The Morgan fingerprint density at radius 2 is 1.77 bits per heavy atom. The molecular weight excluding hydrogens is 552 g/mol. The Balaban J connectivity index is 1.41. The van der Waals surface area contributed by atoms with Crippen LogP contribution in [0.3, 0.4) is 0 Å². The summed E-state index contributed by atoms with van der Waals surface area (Å²) in [7, 11) is 0. The molecule has 2 N–H and O–H groups in total. The molecule has 5 rings (SSSR count). The number of nitrogens with zero attached hydrogens (tertiary/aromatic N) is 3. The van der Waals surface area contributed by atoms with Crippen molar-refractivity contribution in [1.29, 1.82) is 0 Å². The number of benzene rings is 2. The largest absolute Gasteiger partial charge is 0.488 e. The molecule has 11 heteroatoms. The molecule has 230 valence electrons. The van der Waals surface area contributed by atoms with E-state index in [9.17, 15) is 24.3 Å². The molecule has 1 atom stereocenters. The van der Waals surface area contributed by atoms with Gasteiger partial charge in [-0.2, -0.15) is 0 Å². The number of carbonyl (C=O) groups is 4. The molecule has 3 aliphatic heterocycles. The molecule has 2 fully saturated rings. The van der Waals surface area contributed by atoms with Crippen LogP contribution in [-0.2, 0) is 40.6 Å². The van der Waals surface area contributed by atoms with Gasteiger partial charge in [0.15, 0.2) is 0 Å². The van der Waals surface area contributed by atoms with E-state index in [1.165, 1.54) is 15.4 Å². The van der Waals surface area contributed by atoms with Crippen LogP contribution in [0.1, 0.15) is 72.6 Å². The number of imide groups is 1. The maximum absolute atomic E-state index is 13.6. The van der Waals surface area contributed by atoms with E-state index in [0.29, 0.717) is 35.3 Å². The molecule has 4 amide bonds. The van der Waals surface area contributed by atoms with E-state index in [4.69, 9.17) is 9.47 Å². The van der Waals surface area contributed by atoms with Gasteiger partial charge in [-0.25, -0.2) is 4.79 Å². The second-order valence-corrected chi connectivity index (χ2v) is 12.4. The first-order valence-corrected chi connectivity index (χ1v) is 14.8. The van der Waals surface area contributed by atoms with E-state index < -0.39 is 23.6 Å². The summed E-state index contributed by atoms with van der Waals surface area (Å²) < 4.78 is 11.9. The number of carbonyl (C=O) groups excluding carboxylic acids is 3. The third-order valence-corrected chi connectivity index (χ3v) is 8.27. The minimum absolute atomic E-state index is 0.0620. The summed E-state index contributed by atoms with van der Waals surface area (Å²) in [6, 6.07) is 10.8. The average molecular weight is 593 g/mol. The van der Waals surface area contributed by atoms with E-state index in [1.807, 2.05) is 32.9 Å². The van der Waals surface area contributed by atoms with Crippen molar-refractivity contribution in [3.05, 3.63) is 64.2 Å². The van der Waals surface area contributed by atoms with E-state index in [-0.39, 0.29) is 37.9 Å². The zero-order valence-corrected chi connectivity index (χ0v) is 25.1. The van der Waals surface area contributed by atoms with E-state index in [2.05, 4.69) is 22.3 Å². The van der Waals surface area contributed by atoms with Gasteiger partial charge in [-0.05, 0) is 50.8 Å². The third-order valence-electron chi connectivity index (χ3n) is 8.27. The predicted octanol–water partition coefficient (Wildman–Crippen LogP) is 3.53. The summed E-state index contributed by atoms with van der Waals surface area (Å²) in [5, 5.41) is 12.4. The number of ether oxygens (including phenoxy) is 2. The smallest absolute Gasteiger partial charge is 0.408 e. The lowest BCUT2D eigenvalue weighted by Gasteiger charge is -2.33. The number of hydrogen-bond donors (Lipinski definition) is 2. The number of nitrogens with one attached hydrogen (secondary N) is 1. The highest BCUT2D eigenvalue weighted by Gasteiger charge is 2.40. The highest BCUT2D eigenvalue weighted by molar-refractivity contribution is 6.04. The van der Waals surface area contributed by atoms with Gasteiger partial charge in [0.1, 0.15) is 18.4 Å². The normalized spacial score (nSPS) is 19.6. The van der Waals surface area contributed by atoms with Crippen LogP contribution in [-0.4, -0.2) is 81.5 Å². The first kappa shape index (κ1) is 30.5. The third kappa shape index (κ3) is 7.00. The van der Waals surface area contributed by atoms with Crippen LogP contribution in [0, 0.1) is 0 Å². The van der Waals surface area contributed by atoms with Crippen LogP contribution in [0.5, 0.6) is 5.75 Å². The maximum atomic E-state index is 13.6. The van der Waals surface area contributed by atoms with Gasteiger partial charge < -0.3 is 19.5 Å². The van der Waals surface area contributed by atoms with Crippen molar-refractivity contribution in [3.63, 3.8) is 0 Å². The number of rotatable bonds is 8. The Bertz CT molecular complexity index is 1380. The van der Waals surface area contributed by atoms with Gasteiger partial charge in [-0.1, -0.05) is 30.3 Å². The molecule has 3 aliphatic rings. The minimum atomic E-state index is -1.06. The van der Waals surface area contributed by atoms with Crippen molar-refractivity contribution in [2.45, 2.75) is 77.9 Å². The van der Waals surface area contributed by atoms with E-state index in [0.717, 1.165) is 38.4 Å². The van der Waals surface area contributed by atoms with Crippen LogP contribution in [0.2, 0.25) is 0 Å². The summed E-state index contributed by atoms with van der Waals surface area (Å²) in [4.78, 5) is 55.7. The number of hydrogen-bond acceptors (Lipinski definition) is 7. The fourth-order valence-electron chi connectivity index (χ4n) is 5.83. The zero-order chi connectivity index (χ0) is 30.7. The van der Waals surface area contributed by atoms with Gasteiger partial charge in [0, 0.05) is 48.3 Å². The summed E-state index contributed by atoms with van der Waals surface area (Å²) >= 11 is 0. The molecule has 0 bridgehead atoms. The van der Waals surface area contributed by atoms with Gasteiger partial charge in [0.25, 0.3) is 5.91 Å². The van der Waals surface area contributed by atoms with Gasteiger partial charge in [0.2, 0.25) is 11.8 Å². The molecule has 3 heterocycles. The van der Waals surface area contributed by atoms with Crippen LogP contribution in [0.25, 0.3) is 0 Å². The van der Waals surface area contributed by atoms with Crippen molar-refractivity contribution < 1.29 is 33.8 Å². The SMILES string of the molecule is CC(C)(C)N(Cc1ccc2c(c1OCc1ccc(CN3CCOCC3)cc1)CN(C1CCCC(=O)NC1=O)C2=O)C(=O)O. The van der Waals surface area contributed by atoms with E-state index in [1.54, 1.807) is 12.1 Å². The fraction of sp³-hybridized carbons (Fsp3) is 0.500. The Labute approximate surface area is 251 Å². The Kier molecular flexibility index (Phi) is 9.03. The molecule has 0 radical (unpaired) electrons. The number of carboxylic acid groups (broad SMARTS) is 1. The number of fused-ring (bicyclic) bond motifs is 1. The summed E-state index contributed by atoms with van der Waals surface area (Å²) in [6.07, 6.45) is 0.0528. The maximum Gasteiger partial charge on any atom is 0.408 e. The first-order chi connectivity index (χ1) is 20.5. The van der Waals surface area contributed by atoms with Crippen molar-refractivity contribution in [2.75, 3.05) is 26.3 Å². The molecule has 11 nitrogen and oxygen atoms in total. The Morgan fingerprint density at radius 1 is 1.07 bits per heavy atom. The molecule has 2 aromatic rings. The van der Waals surface area contributed by atoms with E-state index >= 15 is 0 Å². The van der Waals surface area contributed by atoms with Gasteiger partial charge in [0.05, 0.1) is 26.3 Å². The standard InChI is InChI=1S/C32H40N4O7/c1-32(2,3)36(31(40)41)18-23-11-12-24-25(19-35(30(24)39)26-5-4-6-27(37)33-29(26)38)28(23)43-20-22-9-7-21(8-10-22)17-34-13-15-42-16-14-34/h7-12,26H,4-6,13-20H2,1-3H3,(H,40,41)(H,33,37,38). The second kappa shape index (κ2) is 12.7. The molecular formula is C32H40N4O7. The van der Waals surface area contributed by atoms with Gasteiger partial charge in [-0.3, -0.25) is 29.5 Å². The fourth-order valence-corrected chi connectivity index (χ4v) is 5.83. The average Bonchev–Trinajstić information content (AvgIpc) is 3.19. The summed E-state index contributed by atoms with van der Waals surface area (Å²) in [5.74, 6) is -0.672. The monoisotopic (exact) mass is 592 g/mol.